The van der Waals surface area contributed by atoms with Crippen LogP contribution in [0.2, 0.25) is 0 Å². The van der Waals surface area contributed by atoms with E-state index in [0.29, 0.717) is 18.5 Å². The van der Waals surface area contributed by atoms with Crippen LogP contribution in [0.1, 0.15) is 26.3 Å². The molecule has 106 valence electrons. The van der Waals surface area contributed by atoms with Crippen molar-refractivity contribution in [3.8, 4) is 0 Å². The first-order valence-corrected chi connectivity index (χ1v) is 7.29. The molecule has 1 aliphatic heterocycles. The molecule has 1 heterocycles. The summed E-state index contributed by atoms with van der Waals surface area (Å²) in [6, 6.07) is 12.1. The topological polar surface area (TPSA) is 57.6 Å². The average molecular weight is 346 g/mol. The SMILES string of the molecule is O=C(O)c1ccc2c(c1)CCN2C(=O)c1ccc(Br)cc1. The van der Waals surface area contributed by atoms with Crippen LogP contribution in [-0.2, 0) is 6.42 Å². The van der Waals surface area contributed by atoms with Crippen molar-refractivity contribution in [1.82, 2.24) is 0 Å². The lowest BCUT2D eigenvalue weighted by atomic mass is 10.1. The second kappa shape index (κ2) is 5.33. The van der Waals surface area contributed by atoms with E-state index in [1.807, 2.05) is 12.1 Å². The third-order valence-corrected chi connectivity index (χ3v) is 4.09. The summed E-state index contributed by atoms with van der Waals surface area (Å²) in [5.41, 5.74) is 2.58. The van der Waals surface area contributed by atoms with Gasteiger partial charge in [-0.2, -0.15) is 0 Å². The molecular formula is C16H12BrNO3. The summed E-state index contributed by atoms with van der Waals surface area (Å²) in [5, 5.41) is 9.01. The third kappa shape index (κ3) is 2.56. The number of anilines is 1. The second-order valence-corrected chi connectivity index (χ2v) is 5.78. The Bertz CT molecular complexity index is 725. The number of carboxylic acid groups (broad SMARTS) is 1. The van der Waals surface area contributed by atoms with Crippen molar-refractivity contribution < 1.29 is 14.7 Å². The van der Waals surface area contributed by atoms with Gasteiger partial charge in [-0.25, -0.2) is 4.79 Å². The number of nitrogens with zero attached hydrogens (tertiary/aromatic N) is 1. The van der Waals surface area contributed by atoms with Crippen LogP contribution in [0.3, 0.4) is 0 Å². The summed E-state index contributed by atoms with van der Waals surface area (Å²) < 4.78 is 0.923. The fourth-order valence-corrected chi connectivity index (χ4v) is 2.76. The van der Waals surface area contributed by atoms with E-state index in [1.54, 1.807) is 29.2 Å². The van der Waals surface area contributed by atoms with Crippen molar-refractivity contribution >= 4 is 33.5 Å². The van der Waals surface area contributed by atoms with Gasteiger partial charge >= 0.3 is 5.97 Å². The molecule has 0 aliphatic carbocycles. The molecule has 0 saturated carbocycles. The zero-order chi connectivity index (χ0) is 15.0. The molecule has 0 bridgehead atoms. The molecule has 0 saturated heterocycles. The Hall–Kier alpha value is -2.14. The Balaban J connectivity index is 1.92. The van der Waals surface area contributed by atoms with Gasteiger partial charge < -0.3 is 10.0 Å². The van der Waals surface area contributed by atoms with Crippen LogP contribution in [0, 0.1) is 0 Å². The van der Waals surface area contributed by atoms with Crippen LogP contribution in [0.5, 0.6) is 0 Å². The van der Waals surface area contributed by atoms with E-state index in [2.05, 4.69) is 15.9 Å². The van der Waals surface area contributed by atoms with Gasteiger partial charge in [-0.15, -0.1) is 0 Å². The first-order valence-electron chi connectivity index (χ1n) is 6.50. The summed E-state index contributed by atoms with van der Waals surface area (Å²) >= 11 is 3.34. The number of rotatable bonds is 2. The minimum atomic E-state index is -0.949. The van der Waals surface area contributed by atoms with Gasteiger partial charge in [-0.05, 0) is 54.4 Å². The molecule has 2 aromatic carbocycles. The highest BCUT2D eigenvalue weighted by Gasteiger charge is 2.26. The Labute approximate surface area is 130 Å². The summed E-state index contributed by atoms with van der Waals surface area (Å²) in [7, 11) is 0. The van der Waals surface area contributed by atoms with Gasteiger partial charge in [0, 0.05) is 22.3 Å². The van der Waals surface area contributed by atoms with E-state index >= 15 is 0 Å². The minimum absolute atomic E-state index is 0.0654. The Morgan fingerprint density at radius 3 is 2.38 bits per heavy atom. The molecule has 21 heavy (non-hydrogen) atoms. The molecule has 1 amide bonds. The average Bonchev–Trinajstić information content (AvgIpc) is 2.90. The first-order chi connectivity index (χ1) is 10.1. The quantitative estimate of drug-likeness (QED) is 0.907. The Morgan fingerprint density at radius 2 is 1.71 bits per heavy atom. The molecule has 1 aliphatic rings. The number of carboxylic acids is 1. The standard InChI is InChI=1S/C16H12BrNO3/c17-13-4-1-10(2-5-13)15(19)18-8-7-11-9-12(16(20)21)3-6-14(11)18/h1-6,9H,7-8H2,(H,20,21). The monoisotopic (exact) mass is 345 g/mol. The number of hydrogen-bond donors (Lipinski definition) is 1. The van der Waals surface area contributed by atoms with Crippen LogP contribution >= 0.6 is 15.9 Å². The van der Waals surface area contributed by atoms with Gasteiger partial charge in [0.1, 0.15) is 0 Å². The van der Waals surface area contributed by atoms with Crippen LogP contribution in [-0.4, -0.2) is 23.5 Å². The number of benzene rings is 2. The lowest BCUT2D eigenvalue weighted by molar-refractivity contribution is 0.0696. The lowest BCUT2D eigenvalue weighted by Crippen LogP contribution is -2.28. The van der Waals surface area contributed by atoms with E-state index in [0.717, 1.165) is 15.7 Å². The predicted molar refractivity (Wildman–Crippen MR) is 82.9 cm³/mol. The van der Waals surface area contributed by atoms with E-state index in [-0.39, 0.29) is 11.5 Å². The molecular weight excluding hydrogens is 334 g/mol. The maximum atomic E-state index is 12.5. The molecule has 4 nitrogen and oxygen atoms in total. The van der Waals surface area contributed by atoms with Crippen molar-refractivity contribution in [3.05, 3.63) is 63.6 Å². The van der Waals surface area contributed by atoms with Gasteiger partial charge in [-0.1, -0.05) is 15.9 Å². The highest BCUT2D eigenvalue weighted by molar-refractivity contribution is 9.10. The number of halogens is 1. The fraction of sp³-hybridized carbons (Fsp3) is 0.125. The zero-order valence-corrected chi connectivity index (χ0v) is 12.6. The first kappa shape index (κ1) is 13.8. The van der Waals surface area contributed by atoms with Gasteiger partial charge in [0.2, 0.25) is 0 Å². The van der Waals surface area contributed by atoms with Crippen LogP contribution < -0.4 is 4.90 Å². The van der Waals surface area contributed by atoms with E-state index in [4.69, 9.17) is 5.11 Å². The summed E-state index contributed by atoms with van der Waals surface area (Å²) in [4.78, 5) is 25.2. The Kier molecular flexibility index (Phi) is 3.51. The maximum Gasteiger partial charge on any atom is 0.335 e. The summed E-state index contributed by atoms with van der Waals surface area (Å²) in [6.45, 7) is 0.577. The van der Waals surface area contributed by atoms with Crippen LogP contribution in [0.25, 0.3) is 0 Å². The molecule has 3 rings (SSSR count). The molecule has 0 spiro atoms. The van der Waals surface area contributed by atoms with Crippen molar-refractivity contribution in [2.75, 3.05) is 11.4 Å². The summed E-state index contributed by atoms with van der Waals surface area (Å²) in [5.74, 6) is -1.01. The van der Waals surface area contributed by atoms with Gasteiger partial charge in [-0.3, -0.25) is 4.79 Å². The maximum absolute atomic E-state index is 12.5. The largest absolute Gasteiger partial charge is 0.478 e. The van der Waals surface area contributed by atoms with Crippen molar-refractivity contribution in [1.29, 1.82) is 0 Å². The number of amides is 1. The normalized spacial score (nSPS) is 13.1. The van der Waals surface area contributed by atoms with Crippen molar-refractivity contribution in [3.63, 3.8) is 0 Å². The van der Waals surface area contributed by atoms with Gasteiger partial charge in [0.25, 0.3) is 5.91 Å². The number of hydrogen-bond acceptors (Lipinski definition) is 2. The third-order valence-electron chi connectivity index (χ3n) is 3.56. The van der Waals surface area contributed by atoms with E-state index in [1.165, 1.54) is 6.07 Å². The van der Waals surface area contributed by atoms with Gasteiger partial charge in [0.05, 0.1) is 5.56 Å². The van der Waals surface area contributed by atoms with Gasteiger partial charge in [0.15, 0.2) is 0 Å². The molecule has 1 N–H and O–H groups in total. The van der Waals surface area contributed by atoms with Crippen LogP contribution in [0.4, 0.5) is 5.69 Å². The van der Waals surface area contributed by atoms with E-state index < -0.39 is 5.97 Å². The number of carbonyl (C=O) groups is 2. The lowest BCUT2D eigenvalue weighted by Gasteiger charge is -2.17. The Morgan fingerprint density at radius 1 is 1.05 bits per heavy atom. The molecule has 5 heteroatoms. The number of carbonyl (C=O) groups excluding carboxylic acids is 1. The minimum Gasteiger partial charge on any atom is -0.478 e. The van der Waals surface area contributed by atoms with Crippen LogP contribution in [0.15, 0.2) is 46.9 Å². The molecule has 0 aromatic heterocycles. The van der Waals surface area contributed by atoms with E-state index in [9.17, 15) is 9.59 Å². The smallest absolute Gasteiger partial charge is 0.335 e. The van der Waals surface area contributed by atoms with Crippen molar-refractivity contribution in [2.24, 2.45) is 0 Å². The molecule has 0 atom stereocenters. The highest BCUT2D eigenvalue weighted by atomic mass is 79.9. The second-order valence-electron chi connectivity index (χ2n) is 4.86. The molecule has 0 unspecified atom stereocenters. The zero-order valence-electron chi connectivity index (χ0n) is 11.0. The molecule has 0 radical (unpaired) electrons. The predicted octanol–water partition coefficient (Wildman–Crippen LogP) is 3.35. The molecule has 2 aromatic rings. The highest BCUT2D eigenvalue weighted by Crippen LogP contribution is 2.30. The van der Waals surface area contributed by atoms with Crippen molar-refractivity contribution in [2.45, 2.75) is 6.42 Å². The number of fused-ring (bicyclic) bond motifs is 1. The fourth-order valence-electron chi connectivity index (χ4n) is 2.49. The number of aromatic carboxylic acids is 1. The summed E-state index contributed by atoms with van der Waals surface area (Å²) in [6.07, 6.45) is 0.679. The molecule has 0 fully saturated rings.